The summed E-state index contributed by atoms with van der Waals surface area (Å²) in [7, 11) is 0. The molecule has 1 aliphatic carbocycles. The summed E-state index contributed by atoms with van der Waals surface area (Å²) in [6.45, 7) is 4.15. The predicted octanol–water partition coefficient (Wildman–Crippen LogP) is 9.65. The smallest absolute Gasteiger partial charge is 0.246 e. The third-order valence-corrected chi connectivity index (χ3v) is 9.22. The number of hydrogen-bond acceptors (Lipinski definition) is 5. The average molecular weight is 669 g/mol. The van der Waals surface area contributed by atoms with Crippen molar-refractivity contribution in [1.82, 2.24) is 0 Å². The van der Waals surface area contributed by atoms with Crippen molar-refractivity contribution in [2.45, 2.75) is 136 Å². The number of allylic oxidation sites excluding steroid dienone is 2. The molecule has 49 heavy (non-hydrogen) atoms. The van der Waals surface area contributed by atoms with E-state index in [1.807, 2.05) is 49.4 Å². The van der Waals surface area contributed by atoms with Crippen LogP contribution in [0.25, 0.3) is 0 Å². The molecule has 0 radical (unpaired) electrons. The summed E-state index contributed by atoms with van der Waals surface area (Å²) in [5.41, 5.74) is 9.79. The number of amidine groups is 1. The zero-order valence-corrected chi connectivity index (χ0v) is 30.1. The first-order valence-corrected chi connectivity index (χ1v) is 18.7. The van der Waals surface area contributed by atoms with E-state index >= 15 is 0 Å². The monoisotopic (exact) mass is 668 g/mol. The Bertz CT molecular complexity index is 1420. The van der Waals surface area contributed by atoms with Gasteiger partial charge >= 0.3 is 0 Å². The van der Waals surface area contributed by atoms with Crippen LogP contribution in [-0.2, 0) is 16.0 Å². The lowest BCUT2D eigenvalue weighted by molar-refractivity contribution is -0.115. The Balaban J connectivity index is 1.46. The number of rotatable bonds is 24. The van der Waals surface area contributed by atoms with E-state index in [2.05, 4.69) is 17.2 Å². The maximum Gasteiger partial charge on any atom is 0.246 e. The second kappa shape index (κ2) is 22.7. The summed E-state index contributed by atoms with van der Waals surface area (Å²) in [5.74, 6) is -0.178. The Labute approximate surface area is 295 Å². The number of aliphatic hydroxyl groups is 1. The molecule has 0 aromatic heterocycles. The molecule has 1 amide bonds. The van der Waals surface area contributed by atoms with Crippen molar-refractivity contribution >= 4 is 28.9 Å². The fourth-order valence-corrected chi connectivity index (χ4v) is 6.19. The minimum absolute atomic E-state index is 0.0918. The SMILES string of the molecule is CCCCCCCCCCCCCCCCC(N)=NCC(=O)Nc1ccc(C(=N)C(=O)Cc2ccc(C)cc2)c(C(O)C2=CCCC=C2)c1. The van der Waals surface area contributed by atoms with Crippen molar-refractivity contribution in [1.29, 1.82) is 5.41 Å². The Kier molecular flexibility index (Phi) is 18.4. The van der Waals surface area contributed by atoms with Crippen LogP contribution in [-0.4, -0.2) is 34.9 Å². The standard InChI is InChI=1S/C42H60N4O3/c1-3-4-5-6-7-8-9-10-11-12-13-14-15-19-22-39(43)45-31-40(48)46-35-27-28-36(37(30-35)42(49)34-20-17-16-18-21-34)41(44)38(47)29-33-25-23-32(2)24-26-33/h17,20-21,23-28,30,42,44,49H,3-16,18-19,22,29,31H2,1-2H3,(H2,43,45)(H,46,48). The fourth-order valence-electron chi connectivity index (χ4n) is 6.19. The normalized spacial score (nSPS) is 13.6. The van der Waals surface area contributed by atoms with E-state index < -0.39 is 6.10 Å². The molecule has 7 heteroatoms. The van der Waals surface area contributed by atoms with Gasteiger partial charge in [0.05, 0.1) is 5.84 Å². The van der Waals surface area contributed by atoms with E-state index in [4.69, 9.17) is 11.1 Å². The number of hydrogen-bond donors (Lipinski definition) is 4. The molecule has 0 bridgehead atoms. The van der Waals surface area contributed by atoms with Crippen LogP contribution in [0.5, 0.6) is 0 Å². The lowest BCUT2D eigenvalue weighted by Gasteiger charge is -2.20. The molecule has 1 atom stereocenters. The van der Waals surface area contributed by atoms with Gasteiger partial charge in [-0.05, 0) is 55.0 Å². The van der Waals surface area contributed by atoms with Crippen LogP contribution in [0.15, 0.2) is 71.3 Å². The highest BCUT2D eigenvalue weighted by Crippen LogP contribution is 2.31. The van der Waals surface area contributed by atoms with Crippen LogP contribution < -0.4 is 11.1 Å². The number of anilines is 1. The van der Waals surface area contributed by atoms with Gasteiger partial charge in [0.15, 0.2) is 5.78 Å². The summed E-state index contributed by atoms with van der Waals surface area (Å²) in [5, 5.41) is 22.9. The molecular formula is C42H60N4O3. The van der Waals surface area contributed by atoms with Gasteiger partial charge in [-0.25, -0.2) is 0 Å². The van der Waals surface area contributed by atoms with Crippen LogP contribution >= 0.6 is 0 Å². The Hall–Kier alpha value is -3.84. The van der Waals surface area contributed by atoms with Gasteiger partial charge in [0, 0.05) is 24.1 Å². The first-order chi connectivity index (χ1) is 23.8. The summed E-state index contributed by atoms with van der Waals surface area (Å²) >= 11 is 0. The maximum atomic E-state index is 13.1. The molecule has 1 aliphatic rings. The number of nitrogens with two attached hydrogens (primary N) is 1. The van der Waals surface area contributed by atoms with E-state index in [1.54, 1.807) is 18.2 Å². The number of benzene rings is 2. The van der Waals surface area contributed by atoms with Crippen molar-refractivity contribution in [3.8, 4) is 0 Å². The Morgan fingerprint density at radius 2 is 1.49 bits per heavy atom. The van der Waals surface area contributed by atoms with Gasteiger partial charge < -0.3 is 16.2 Å². The third kappa shape index (κ3) is 15.1. The quantitative estimate of drug-likeness (QED) is 0.0504. The molecule has 0 spiro atoms. The van der Waals surface area contributed by atoms with Crippen molar-refractivity contribution < 1.29 is 14.7 Å². The molecule has 3 rings (SSSR count). The Morgan fingerprint density at radius 1 is 0.878 bits per heavy atom. The number of aliphatic hydroxyl groups excluding tert-OH is 1. The number of ketones is 1. The number of Topliss-reactive ketones (excluding diaryl/α,β-unsaturated/α-hetero) is 1. The van der Waals surface area contributed by atoms with E-state index in [-0.39, 0.29) is 30.4 Å². The van der Waals surface area contributed by atoms with Crippen molar-refractivity contribution in [3.63, 3.8) is 0 Å². The van der Waals surface area contributed by atoms with Crippen LogP contribution in [0.1, 0.15) is 144 Å². The lowest BCUT2D eigenvalue weighted by Crippen LogP contribution is -2.21. The highest BCUT2D eigenvalue weighted by Gasteiger charge is 2.23. The molecular weight excluding hydrogens is 608 g/mol. The molecule has 7 nitrogen and oxygen atoms in total. The summed E-state index contributed by atoms with van der Waals surface area (Å²) in [6.07, 6.45) is 25.4. The lowest BCUT2D eigenvalue weighted by atomic mass is 9.89. The number of carbonyl (C=O) groups excluding carboxylic acids is 2. The average Bonchev–Trinajstić information content (AvgIpc) is 3.11. The van der Waals surface area contributed by atoms with E-state index in [0.717, 1.165) is 36.8 Å². The van der Waals surface area contributed by atoms with Gasteiger partial charge in [-0.2, -0.15) is 0 Å². The molecule has 1 unspecified atom stereocenters. The number of aliphatic imine (C=N–C) groups is 1. The summed E-state index contributed by atoms with van der Waals surface area (Å²) in [4.78, 5) is 30.2. The number of amides is 1. The van der Waals surface area contributed by atoms with Crippen LogP contribution in [0, 0.1) is 12.3 Å². The molecule has 0 heterocycles. The van der Waals surface area contributed by atoms with Crippen molar-refractivity contribution in [3.05, 3.63) is 88.5 Å². The van der Waals surface area contributed by atoms with Gasteiger partial charge in [-0.1, -0.05) is 145 Å². The largest absolute Gasteiger partial charge is 0.387 e. The number of carbonyl (C=O) groups is 2. The number of aryl methyl sites for hydroxylation is 1. The van der Waals surface area contributed by atoms with E-state index in [9.17, 15) is 14.7 Å². The molecule has 0 fully saturated rings. The topological polar surface area (TPSA) is 129 Å². The van der Waals surface area contributed by atoms with Crippen LogP contribution in [0.4, 0.5) is 5.69 Å². The first kappa shape index (κ1) is 39.6. The van der Waals surface area contributed by atoms with E-state index in [0.29, 0.717) is 34.6 Å². The molecule has 2 aromatic rings. The highest BCUT2D eigenvalue weighted by atomic mass is 16.3. The second-order valence-corrected chi connectivity index (χ2v) is 13.6. The van der Waals surface area contributed by atoms with Crippen molar-refractivity contribution in [2.24, 2.45) is 10.7 Å². The van der Waals surface area contributed by atoms with Crippen LogP contribution in [0.3, 0.4) is 0 Å². The molecule has 0 saturated heterocycles. The first-order valence-electron chi connectivity index (χ1n) is 18.7. The van der Waals surface area contributed by atoms with Crippen molar-refractivity contribution in [2.75, 3.05) is 11.9 Å². The highest BCUT2D eigenvalue weighted by molar-refractivity contribution is 6.45. The zero-order chi connectivity index (χ0) is 35.3. The van der Waals surface area contributed by atoms with E-state index in [1.165, 1.54) is 77.0 Å². The molecule has 0 aliphatic heterocycles. The maximum absolute atomic E-state index is 13.1. The summed E-state index contributed by atoms with van der Waals surface area (Å²) < 4.78 is 0. The van der Waals surface area contributed by atoms with Gasteiger partial charge in [0.1, 0.15) is 18.4 Å². The van der Waals surface area contributed by atoms with Gasteiger partial charge in [-0.15, -0.1) is 0 Å². The second-order valence-electron chi connectivity index (χ2n) is 13.6. The minimum Gasteiger partial charge on any atom is -0.387 e. The summed E-state index contributed by atoms with van der Waals surface area (Å²) in [6, 6.07) is 12.6. The minimum atomic E-state index is -1.05. The Morgan fingerprint density at radius 3 is 2.08 bits per heavy atom. The number of unbranched alkanes of at least 4 members (excludes halogenated alkanes) is 13. The third-order valence-electron chi connectivity index (χ3n) is 9.22. The molecule has 5 N–H and O–H groups in total. The molecule has 2 aromatic carbocycles. The zero-order valence-electron chi connectivity index (χ0n) is 30.1. The van der Waals surface area contributed by atoms with Gasteiger partial charge in [-0.3, -0.25) is 20.0 Å². The predicted molar refractivity (Wildman–Crippen MR) is 205 cm³/mol. The fraction of sp³-hybridized carbons (Fsp3) is 0.524. The number of nitrogens with one attached hydrogen (secondary N) is 2. The van der Waals surface area contributed by atoms with Gasteiger partial charge in [0.2, 0.25) is 5.91 Å². The van der Waals surface area contributed by atoms with Gasteiger partial charge in [0.25, 0.3) is 0 Å². The number of nitrogens with zero attached hydrogens (tertiary/aromatic N) is 1. The molecule has 266 valence electrons. The van der Waals surface area contributed by atoms with Crippen LogP contribution in [0.2, 0.25) is 0 Å². The molecule has 0 saturated carbocycles.